The number of aliphatic hydroxyl groups excluding tert-OH is 1. The number of ether oxygens (including phenoxy) is 4. The van der Waals surface area contributed by atoms with Crippen LogP contribution in [0, 0.1) is 0 Å². The second-order valence-corrected chi connectivity index (χ2v) is 10.3. The zero-order chi connectivity index (χ0) is 28.5. The number of ketones is 1. The molecule has 4 rings (SSSR count). The van der Waals surface area contributed by atoms with E-state index in [1.54, 1.807) is 43.5 Å². The summed E-state index contributed by atoms with van der Waals surface area (Å²) in [6, 6.07) is 11.5. The Morgan fingerprint density at radius 2 is 1.73 bits per heavy atom. The van der Waals surface area contributed by atoms with Crippen molar-refractivity contribution < 1.29 is 33.6 Å². The first-order valence-corrected chi connectivity index (χ1v) is 14.4. The van der Waals surface area contributed by atoms with Gasteiger partial charge in [0.25, 0.3) is 11.7 Å². The van der Waals surface area contributed by atoms with Crippen molar-refractivity contribution >= 4 is 17.4 Å². The van der Waals surface area contributed by atoms with Gasteiger partial charge in [-0.1, -0.05) is 39.2 Å². The van der Waals surface area contributed by atoms with E-state index in [-0.39, 0.29) is 24.0 Å². The lowest BCUT2D eigenvalue weighted by molar-refractivity contribution is -0.140. The van der Waals surface area contributed by atoms with Crippen molar-refractivity contribution in [3.05, 3.63) is 59.2 Å². The van der Waals surface area contributed by atoms with Crippen molar-refractivity contribution in [2.75, 3.05) is 33.5 Å². The number of unbranched alkanes of at least 4 members (excludes halogenated alkanes) is 3. The standard InChI is InChI=1S/C32H41NO7/c1-4-6-8-18-40-26-16-13-23(20-27(26)37-3)29-28(31(35)32(36)33(29)21-25-10-9-19-39-25)30(34)22-11-14-24(15-12-22)38-17-7-5-2/h11-16,20,25,29,34H,4-10,17-19,21H2,1-3H3/t25-,29-/m0/s1. The highest BCUT2D eigenvalue weighted by atomic mass is 16.5. The van der Waals surface area contributed by atoms with Gasteiger partial charge < -0.3 is 29.0 Å². The summed E-state index contributed by atoms with van der Waals surface area (Å²) in [5, 5.41) is 11.4. The minimum absolute atomic E-state index is 0.0429. The predicted molar refractivity (Wildman–Crippen MR) is 153 cm³/mol. The molecule has 216 valence electrons. The highest BCUT2D eigenvalue weighted by Crippen LogP contribution is 2.42. The van der Waals surface area contributed by atoms with Gasteiger partial charge in [0.05, 0.1) is 38.0 Å². The van der Waals surface area contributed by atoms with Crippen LogP contribution in [-0.4, -0.2) is 61.3 Å². The van der Waals surface area contributed by atoms with Gasteiger partial charge in [-0.15, -0.1) is 0 Å². The maximum Gasteiger partial charge on any atom is 0.295 e. The second-order valence-electron chi connectivity index (χ2n) is 10.3. The minimum atomic E-state index is -0.798. The van der Waals surface area contributed by atoms with E-state index in [0.29, 0.717) is 48.2 Å². The lowest BCUT2D eigenvalue weighted by Crippen LogP contribution is -2.36. The van der Waals surface area contributed by atoms with Crippen LogP contribution >= 0.6 is 0 Å². The summed E-state index contributed by atoms with van der Waals surface area (Å²) in [6.07, 6.45) is 6.63. The molecule has 40 heavy (non-hydrogen) atoms. The van der Waals surface area contributed by atoms with Gasteiger partial charge in [0.2, 0.25) is 0 Å². The molecule has 0 unspecified atom stereocenters. The van der Waals surface area contributed by atoms with Crippen LogP contribution in [-0.2, 0) is 14.3 Å². The highest BCUT2D eigenvalue weighted by Gasteiger charge is 2.47. The number of amides is 1. The van der Waals surface area contributed by atoms with E-state index in [0.717, 1.165) is 44.9 Å². The summed E-state index contributed by atoms with van der Waals surface area (Å²) in [5.41, 5.74) is 1.13. The number of nitrogens with zero attached hydrogens (tertiary/aromatic N) is 1. The molecule has 2 aromatic carbocycles. The lowest BCUT2D eigenvalue weighted by atomic mass is 9.94. The fourth-order valence-corrected chi connectivity index (χ4v) is 5.13. The molecule has 0 saturated carbocycles. The van der Waals surface area contributed by atoms with Gasteiger partial charge in [0.1, 0.15) is 11.5 Å². The number of benzene rings is 2. The first kappa shape index (κ1) is 29.5. The molecule has 2 atom stereocenters. The summed E-state index contributed by atoms with van der Waals surface area (Å²) in [7, 11) is 1.56. The summed E-state index contributed by atoms with van der Waals surface area (Å²) < 4.78 is 23.1. The highest BCUT2D eigenvalue weighted by molar-refractivity contribution is 6.46. The van der Waals surface area contributed by atoms with Crippen LogP contribution in [0.3, 0.4) is 0 Å². The number of likely N-dealkylation sites (tertiary alicyclic amines) is 1. The second kappa shape index (κ2) is 14.2. The summed E-state index contributed by atoms with van der Waals surface area (Å²) in [4.78, 5) is 28.3. The summed E-state index contributed by atoms with van der Waals surface area (Å²) in [5.74, 6) is 0.183. The fraction of sp³-hybridized carbons (Fsp3) is 0.500. The molecule has 0 spiro atoms. The third-order valence-electron chi connectivity index (χ3n) is 7.37. The van der Waals surface area contributed by atoms with Gasteiger partial charge in [-0.3, -0.25) is 9.59 Å². The van der Waals surface area contributed by atoms with Gasteiger partial charge in [-0.2, -0.15) is 0 Å². The monoisotopic (exact) mass is 551 g/mol. The average Bonchev–Trinajstić information content (AvgIpc) is 3.58. The molecule has 0 aromatic heterocycles. The Balaban J connectivity index is 1.70. The SMILES string of the molecule is CCCCCOc1ccc([C@H]2C(=C(O)c3ccc(OCCCC)cc3)C(=O)C(=O)N2C[C@@H]2CCCO2)cc1OC. The third-order valence-corrected chi connectivity index (χ3v) is 7.37. The van der Waals surface area contributed by atoms with Crippen LogP contribution in [0.15, 0.2) is 48.0 Å². The first-order valence-electron chi connectivity index (χ1n) is 14.4. The molecule has 1 amide bonds. The van der Waals surface area contributed by atoms with Crippen molar-refractivity contribution in [3.63, 3.8) is 0 Å². The Labute approximate surface area is 236 Å². The predicted octanol–water partition coefficient (Wildman–Crippen LogP) is 6.04. The van der Waals surface area contributed by atoms with Crippen LogP contribution in [0.1, 0.15) is 76.0 Å². The van der Waals surface area contributed by atoms with Gasteiger partial charge in [-0.25, -0.2) is 0 Å². The van der Waals surface area contributed by atoms with E-state index in [1.165, 1.54) is 4.90 Å². The molecule has 0 radical (unpaired) electrons. The minimum Gasteiger partial charge on any atom is -0.507 e. The van der Waals surface area contributed by atoms with Crippen LogP contribution in [0.4, 0.5) is 0 Å². The Kier molecular flexibility index (Phi) is 10.5. The van der Waals surface area contributed by atoms with E-state index in [2.05, 4.69) is 13.8 Å². The number of rotatable bonds is 14. The number of methoxy groups -OCH3 is 1. The first-order chi connectivity index (χ1) is 19.5. The molecule has 2 aliphatic heterocycles. The summed E-state index contributed by atoms with van der Waals surface area (Å²) >= 11 is 0. The third kappa shape index (κ3) is 6.78. The zero-order valence-corrected chi connectivity index (χ0v) is 23.8. The maximum atomic E-state index is 13.4. The molecular weight excluding hydrogens is 510 g/mol. The topological polar surface area (TPSA) is 94.5 Å². The Morgan fingerprint density at radius 1 is 0.975 bits per heavy atom. The molecule has 0 aliphatic carbocycles. The fourth-order valence-electron chi connectivity index (χ4n) is 5.13. The van der Waals surface area contributed by atoms with Crippen molar-refractivity contribution in [1.82, 2.24) is 4.90 Å². The van der Waals surface area contributed by atoms with Gasteiger partial charge >= 0.3 is 0 Å². The smallest absolute Gasteiger partial charge is 0.295 e. The van der Waals surface area contributed by atoms with Crippen molar-refractivity contribution in [1.29, 1.82) is 0 Å². The lowest BCUT2D eigenvalue weighted by Gasteiger charge is -2.28. The van der Waals surface area contributed by atoms with E-state index >= 15 is 0 Å². The molecule has 2 fully saturated rings. The largest absolute Gasteiger partial charge is 0.507 e. The molecule has 2 aliphatic rings. The van der Waals surface area contributed by atoms with E-state index in [1.807, 2.05) is 6.07 Å². The number of hydrogen-bond acceptors (Lipinski definition) is 7. The van der Waals surface area contributed by atoms with Crippen LogP contribution in [0.2, 0.25) is 0 Å². The Morgan fingerprint density at radius 3 is 2.40 bits per heavy atom. The van der Waals surface area contributed by atoms with Gasteiger partial charge in [-0.05, 0) is 67.6 Å². The van der Waals surface area contributed by atoms with Crippen LogP contribution < -0.4 is 14.2 Å². The molecule has 2 heterocycles. The normalized spacial score (nSPS) is 20.2. The maximum absolute atomic E-state index is 13.4. The zero-order valence-electron chi connectivity index (χ0n) is 23.8. The Hall–Kier alpha value is -3.52. The number of aliphatic hydroxyl groups is 1. The number of carbonyl (C=O) groups is 2. The molecular formula is C32H41NO7. The van der Waals surface area contributed by atoms with Crippen LogP contribution in [0.25, 0.3) is 5.76 Å². The quantitative estimate of drug-likeness (QED) is 0.132. The van der Waals surface area contributed by atoms with Crippen molar-refractivity contribution in [2.24, 2.45) is 0 Å². The Bertz CT molecular complexity index is 1180. The number of hydrogen-bond donors (Lipinski definition) is 1. The number of Topliss-reactive ketones (excluding diaryl/α,β-unsaturated/α-hetero) is 1. The molecule has 8 heteroatoms. The average molecular weight is 552 g/mol. The van der Waals surface area contributed by atoms with Gasteiger partial charge in [0, 0.05) is 18.7 Å². The molecule has 0 bridgehead atoms. The summed E-state index contributed by atoms with van der Waals surface area (Å²) in [6.45, 7) is 6.30. The number of carbonyl (C=O) groups excluding carboxylic acids is 2. The van der Waals surface area contributed by atoms with E-state index in [9.17, 15) is 14.7 Å². The van der Waals surface area contributed by atoms with Crippen molar-refractivity contribution in [2.45, 2.75) is 70.9 Å². The molecule has 2 aromatic rings. The van der Waals surface area contributed by atoms with Gasteiger partial charge in [0.15, 0.2) is 11.5 Å². The molecule has 1 N–H and O–H groups in total. The van der Waals surface area contributed by atoms with E-state index < -0.39 is 17.7 Å². The molecule has 2 saturated heterocycles. The molecule has 8 nitrogen and oxygen atoms in total. The van der Waals surface area contributed by atoms with E-state index in [4.69, 9.17) is 18.9 Å². The van der Waals surface area contributed by atoms with Crippen LogP contribution in [0.5, 0.6) is 17.2 Å². The van der Waals surface area contributed by atoms with Crippen molar-refractivity contribution in [3.8, 4) is 17.2 Å².